The van der Waals surface area contributed by atoms with Gasteiger partial charge in [-0.25, -0.2) is 0 Å². The van der Waals surface area contributed by atoms with Crippen molar-refractivity contribution in [3.05, 3.63) is 80.0 Å². The smallest absolute Gasteiger partial charge is 0.294 e. The molecule has 1 aliphatic heterocycles. The number of hydrogen-bond donors (Lipinski definition) is 0. The van der Waals surface area contributed by atoms with Crippen LogP contribution in [0.5, 0.6) is 11.5 Å². The number of ether oxygens (including phenoxy) is 2. The average Bonchev–Trinajstić information content (AvgIpc) is 3.41. The lowest BCUT2D eigenvalue weighted by Crippen LogP contribution is -2.29. The van der Waals surface area contributed by atoms with Crippen molar-refractivity contribution in [1.82, 2.24) is 4.90 Å². The maximum atomic E-state index is 13.0. The Morgan fingerprint density at radius 1 is 1.08 bits per heavy atom. The molecule has 36 heavy (non-hydrogen) atoms. The van der Waals surface area contributed by atoms with Gasteiger partial charge in [0.1, 0.15) is 10.8 Å². The quantitative estimate of drug-likeness (QED) is 0.289. The normalized spacial score (nSPS) is 16.2. The first kappa shape index (κ1) is 26.6. The number of carbonyl (C=O) groups is 1. The van der Waals surface area contributed by atoms with E-state index < -0.39 is 10.0 Å². The number of hydrogen-bond acceptors (Lipinski definition) is 7. The number of halogens is 2. The molecule has 0 spiro atoms. The number of carbonyl (C=O) groups excluding carboxylic acids is 1. The summed E-state index contributed by atoms with van der Waals surface area (Å²) in [6.45, 7) is 2.24. The lowest BCUT2D eigenvalue weighted by Gasteiger charge is -2.12. The van der Waals surface area contributed by atoms with Crippen molar-refractivity contribution in [2.75, 3.05) is 13.7 Å². The molecule has 2 aromatic carbocycles. The van der Waals surface area contributed by atoms with Crippen LogP contribution in [0.4, 0.5) is 0 Å². The average molecular weight is 584 g/mol. The molecule has 0 N–H and O–H groups in total. The first-order chi connectivity index (χ1) is 17.2. The van der Waals surface area contributed by atoms with E-state index >= 15 is 0 Å². The molecule has 1 amide bonds. The summed E-state index contributed by atoms with van der Waals surface area (Å²) in [5.41, 5.74) is 1.49. The second-order valence-electron chi connectivity index (χ2n) is 7.36. The van der Waals surface area contributed by atoms with Crippen LogP contribution in [0.25, 0.3) is 6.08 Å². The summed E-state index contributed by atoms with van der Waals surface area (Å²) in [7, 11) is -2.47. The van der Waals surface area contributed by atoms with Crippen LogP contribution in [0.3, 0.4) is 0 Å². The minimum atomic E-state index is -4.01. The van der Waals surface area contributed by atoms with E-state index in [1.165, 1.54) is 24.1 Å². The molecule has 4 rings (SSSR count). The van der Waals surface area contributed by atoms with Gasteiger partial charge in [0.15, 0.2) is 16.7 Å². The fourth-order valence-electron chi connectivity index (χ4n) is 3.26. The summed E-state index contributed by atoms with van der Waals surface area (Å²) in [5, 5.41) is 0.677. The van der Waals surface area contributed by atoms with Crippen LogP contribution in [0.15, 0.2) is 68.1 Å². The number of methoxy groups -OCH3 is 1. The molecular weight excluding hydrogens is 563 g/mol. The Morgan fingerprint density at radius 2 is 1.86 bits per heavy atom. The molecule has 3 aromatic rings. The monoisotopic (exact) mass is 582 g/mol. The highest BCUT2D eigenvalue weighted by Crippen LogP contribution is 2.36. The van der Waals surface area contributed by atoms with Gasteiger partial charge in [-0.1, -0.05) is 47.5 Å². The highest BCUT2D eigenvalue weighted by molar-refractivity contribution is 8.19. The maximum Gasteiger partial charge on any atom is 0.294 e. The lowest BCUT2D eigenvalue weighted by atomic mass is 10.1. The Labute approximate surface area is 227 Å². The molecule has 1 aromatic heterocycles. The highest BCUT2D eigenvalue weighted by atomic mass is 35.5. The SMILES string of the molecule is CCN1C(=O)/C(=C/c2ccc(OC)c(OCc3ccccc3Cl)c2)S/C1=N/S(=O)(=O)c1ccc(Cl)s1. The molecule has 188 valence electrons. The zero-order chi connectivity index (χ0) is 25.9. The molecular formula is C24H20Cl2N2O5S3. The second-order valence-corrected chi connectivity index (χ2v) is 12.3. The van der Waals surface area contributed by atoms with Crippen molar-refractivity contribution in [3.63, 3.8) is 0 Å². The number of amidine groups is 1. The minimum Gasteiger partial charge on any atom is -0.493 e. The molecule has 1 fully saturated rings. The van der Waals surface area contributed by atoms with E-state index in [2.05, 4.69) is 4.40 Å². The number of rotatable bonds is 8. The van der Waals surface area contributed by atoms with Crippen LogP contribution in [0.1, 0.15) is 18.1 Å². The Bertz CT molecular complexity index is 1470. The van der Waals surface area contributed by atoms with Gasteiger partial charge < -0.3 is 9.47 Å². The van der Waals surface area contributed by atoms with Crippen LogP contribution in [0.2, 0.25) is 9.36 Å². The van der Waals surface area contributed by atoms with Crippen molar-refractivity contribution in [2.24, 2.45) is 4.40 Å². The van der Waals surface area contributed by atoms with Gasteiger partial charge in [-0.05, 0) is 60.7 Å². The van der Waals surface area contributed by atoms with Gasteiger partial charge in [-0.2, -0.15) is 8.42 Å². The summed E-state index contributed by atoms with van der Waals surface area (Å²) in [4.78, 5) is 14.7. The molecule has 0 saturated carbocycles. The Hall–Kier alpha value is -2.50. The standard InChI is InChI=1S/C24H20Cl2N2O5S3/c1-3-28-23(29)20(34-24(28)27-36(30,31)22-11-10-21(26)35-22)13-15-8-9-18(32-2)19(12-15)33-14-16-6-4-5-7-17(16)25/h4-13H,3,14H2,1-2H3/b20-13-,27-24+. The summed E-state index contributed by atoms with van der Waals surface area (Å²) in [5.74, 6) is 0.656. The zero-order valence-electron chi connectivity index (χ0n) is 19.1. The zero-order valence-corrected chi connectivity index (χ0v) is 23.1. The fourth-order valence-corrected chi connectivity index (χ4v) is 7.15. The molecule has 0 aliphatic carbocycles. The van der Waals surface area contributed by atoms with Gasteiger partial charge in [0.2, 0.25) is 0 Å². The summed E-state index contributed by atoms with van der Waals surface area (Å²) in [6, 6.07) is 15.5. The fraction of sp³-hybridized carbons (Fsp3) is 0.167. The van der Waals surface area contributed by atoms with E-state index in [1.54, 1.807) is 37.3 Å². The predicted molar refractivity (Wildman–Crippen MR) is 146 cm³/mol. The first-order valence-corrected chi connectivity index (χ1v) is 14.4. The molecule has 1 saturated heterocycles. The van der Waals surface area contributed by atoms with Crippen LogP contribution in [-0.4, -0.2) is 38.0 Å². The third-order valence-corrected chi connectivity index (χ3v) is 9.49. The molecule has 0 bridgehead atoms. The summed E-state index contributed by atoms with van der Waals surface area (Å²) >= 11 is 14.0. The highest BCUT2D eigenvalue weighted by Gasteiger charge is 2.34. The van der Waals surface area contributed by atoms with E-state index in [4.69, 9.17) is 32.7 Å². The topological polar surface area (TPSA) is 85.3 Å². The molecule has 12 heteroatoms. The van der Waals surface area contributed by atoms with Gasteiger partial charge in [0.05, 0.1) is 16.4 Å². The number of likely N-dealkylation sites (N-methyl/N-ethyl adjacent to an activating group) is 1. The first-order valence-electron chi connectivity index (χ1n) is 10.6. The number of thiophene rings is 1. The van der Waals surface area contributed by atoms with Gasteiger partial charge in [0, 0.05) is 17.1 Å². The van der Waals surface area contributed by atoms with E-state index in [0.29, 0.717) is 31.3 Å². The van der Waals surface area contributed by atoms with Crippen LogP contribution in [-0.2, 0) is 21.4 Å². The van der Waals surface area contributed by atoms with E-state index in [0.717, 1.165) is 28.7 Å². The van der Waals surface area contributed by atoms with E-state index in [-0.39, 0.29) is 28.4 Å². The Balaban J connectivity index is 1.61. The second kappa shape index (κ2) is 11.3. The lowest BCUT2D eigenvalue weighted by molar-refractivity contribution is -0.122. The molecule has 7 nitrogen and oxygen atoms in total. The molecule has 0 radical (unpaired) electrons. The predicted octanol–water partition coefficient (Wildman–Crippen LogP) is 6.32. The number of benzene rings is 2. The molecule has 0 atom stereocenters. The van der Waals surface area contributed by atoms with Crippen molar-refractivity contribution < 1.29 is 22.7 Å². The van der Waals surface area contributed by atoms with E-state index in [9.17, 15) is 13.2 Å². The van der Waals surface area contributed by atoms with Crippen molar-refractivity contribution in [2.45, 2.75) is 17.7 Å². The van der Waals surface area contributed by atoms with Gasteiger partial charge in [-0.3, -0.25) is 9.69 Å². The van der Waals surface area contributed by atoms with Crippen LogP contribution >= 0.6 is 46.3 Å². The number of sulfonamides is 1. The van der Waals surface area contributed by atoms with Gasteiger partial charge >= 0.3 is 0 Å². The van der Waals surface area contributed by atoms with E-state index in [1.807, 2.05) is 18.2 Å². The van der Waals surface area contributed by atoms with Crippen molar-refractivity contribution in [1.29, 1.82) is 0 Å². The van der Waals surface area contributed by atoms with Gasteiger partial charge in [0.25, 0.3) is 15.9 Å². The van der Waals surface area contributed by atoms with Crippen molar-refractivity contribution in [3.8, 4) is 11.5 Å². The Morgan fingerprint density at radius 3 is 2.53 bits per heavy atom. The number of nitrogens with zero attached hydrogens (tertiary/aromatic N) is 2. The number of thioether (sulfide) groups is 1. The number of amides is 1. The summed E-state index contributed by atoms with van der Waals surface area (Å²) in [6.07, 6.45) is 1.66. The maximum absolute atomic E-state index is 13.0. The summed E-state index contributed by atoms with van der Waals surface area (Å²) < 4.78 is 41.1. The van der Waals surface area contributed by atoms with Crippen molar-refractivity contribution >= 4 is 73.5 Å². The largest absolute Gasteiger partial charge is 0.493 e. The third kappa shape index (κ3) is 5.90. The molecule has 0 unspecified atom stereocenters. The minimum absolute atomic E-state index is 0.0111. The van der Waals surface area contributed by atoms with Gasteiger partial charge in [-0.15, -0.1) is 15.7 Å². The van der Waals surface area contributed by atoms with Crippen LogP contribution < -0.4 is 9.47 Å². The third-order valence-electron chi connectivity index (χ3n) is 5.03. The molecule has 1 aliphatic rings. The Kier molecular flexibility index (Phi) is 8.31. The van der Waals surface area contributed by atoms with Crippen LogP contribution in [0, 0.1) is 0 Å². The molecule has 2 heterocycles.